The van der Waals surface area contributed by atoms with E-state index in [1.807, 2.05) is 18.5 Å². The summed E-state index contributed by atoms with van der Waals surface area (Å²) in [5.74, 6) is 0.677. The maximum atomic E-state index is 13.0. The van der Waals surface area contributed by atoms with Crippen LogP contribution in [0.25, 0.3) is 0 Å². The smallest absolute Gasteiger partial charge is 0.244 e. The summed E-state index contributed by atoms with van der Waals surface area (Å²) in [6.07, 6.45) is 3.42. The van der Waals surface area contributed by atoms with E-state index in [1.165, 1.54) is 11.3 Å². The van der Waals surface area contributed by atoms with Crippen LogP contribution in [0.3, 0.4) is 0 Å². The third kappa shape index (κ3) is 3.06. The first-order valence-corrected chi connectivity index (χ1v) is 9.20. The quantitative estimate of drug-likeness (QED) is 0.849. The van der Waals surface area contributed by atoms with Crippen molar-refractivity contribution >= 4 is 21.4 Å². The molecule has 0 amide bonds. The number of thiophene rings is 1. The van der Waals surface area contributed by atoms with Crippen LogP contribution < -0.4 is 5.32 Å². The average Bonchev–Trinajstić information content (AvgIpc) is 2.96. The summed E-state index contributed by atoms with van der Waals surface area (Å²) in [5, 5.41) is 4.85. The first-order chi connectivity index (χ1) is 10.1. The normalized spacial score (nSPS) is 15.7. The van der Waals surface area contributed by atoms with Crippen LogP contribution in [0, 0.1) is 0 Å². The number of furan rings is 1. The second kappa shape index (κ2) is 5.92. The lowest BCUT2D eigenvalue weighted by Crippen LogP contribution is -2.33. The molecule has 21 heavy (non-hydrogen) atoms. The Labute approximate surface area is 128 Å². The van der Waals surface area contributed by atoms with E-state index < -0.39 is 10.0 Å². The Morgan fingerprint density at radius 3 is 2.86 bits per heavy atom. The second-order valence-electron chi connectivity index (χ2n) is 5.10. The lowest BCUT2D eigenvalue weighted by Gasteiger charge is -2.21. The van der Waals surface area contributed by atoms with Crippen LogP contribution in [0.5, 0.6) is 0 Å². The van der Waals surface area contributed by atoms with Crippen LogP contribution in [0.4, 0.5) is 0 Å². The number of nitrogens with one attached hydrogen (secondary N) is 1. The highest BCUT2D eigenvalue weighted by atomic mass is 32.2. The van der Waals surface area contributed by atoms with E-state index in [2.05, 4.69) is 5.32 Å². The standard InChI is InChI=1S/C14H18N2O3S2/c1-15-9-13-14(6-8-20-13)21(17,18)16(11-4-5-11)10-12-3-2-7-19-12/h2-3,6-8,11,15H,4-5,9-10H2,1H3. The van der Waals surface area contributed by atoms with E-state index in [0.29, 0.717) is 23.7 Å². The average molecular weight is 326 g/mol. The van der Waals surface area contributed by atoms with E-state index in [1.54, 1.807) is 22.7 Å². The lowest BCUT2D eigenvalue weighted by atomic mass is 10.4. The van der Waals surface area contributed by atoms with Gasteiger partial charge in [0.15, 0.2) is 0 Å². The lowest BCUT2D eigenvalue weighted by molar-refractivity contribution is 0.356. The highest BCUT2D eigenvalue weighted by Gasteiger charge is 2.39. The molecule has 1 aliphatic rings. The van der Waals surface area contributed by atoms with Gasteiger partial charge in [-0.05, 0) is 43.5 Å². The SMILES string of the molecule is CNCc1sccc1S(=O)(=O)N(Cc1ccco1)C1CC1. The van der Waals surface area contributed by atoms with Crippen molar-refractivity contribution in [3.05, 3.63) is 40.5 Å². The van der Waals surface area contributed by atoms with Crippen molar-refractivity contribution in [1.29, 1.82) is 0 Å². The molecule has 0 aliphatic heterocycles. The topological polar surface area (TPSA) is 62.6 Å². The Hall–Kier alpha value is -1.15. The Balaban J connectivity index is 1.91. The third-order valence-electron chi connectivity index (χ3n) is 3.47. The molecular formula is C14H18N2O3S2. The first-order valence-electron chi connectivity index (χ1n) is 6.88. The summed E-state index contributed by atoms with van der Waals surface area (Å²) >= 11 is 1.47. The van der Waals surface area contributed by atoms with Gasteiger partial charge in [0.2, 0.25) is 10.0 Å². The van der Waals surface area contributed by atoms with Gasteiger partial charge >= 0.3 is 0 Å². The van der Waals surface area contributed by atoms with Gasteiger partial charge < -0.3 is 9.73 Å². The Morgan fingerprint density at radius 1 is 1.43 bits per heavy atom. The zero-order valence-electron chi connectivity index (χ0n) is 11.8. The van der Waals surface area contributed by atoms with Gasteiger partial charge in [-0.2, -0.15) is 4.31 Å². The molecule has 0 bridgehead atoms. The number of hydrogen-bond acceptors (Lipinski definition) is 5. The molecule has 0 unspecified atom stereocenters. The van der Waals surface area contributed by atoms with Gasteiger partial charge in [-0.15, -0.1) is 11.3 Å². The van der Waals surface area contributed by atoms with Crippen molar-refractivity contribution in [2.45, 2.75) is 36.9 Å². The molecule has 0 spiro atoms. The molecule has 0 atom stereocenters. The molecule has 1 N–H and O–H groups in total. The molecule has 2 aromatic heterocycles. The van der Waals surface area contributed by atoms with Gasteiger partial charge in [0.1, 0.15) is 5.76 Å². The van der Waals surface area contributed by atoms with Gasteiger partial charge in [0, 0.05) is 17.5 Å². The van der Waals surface area contributed by atoms with Crippen molar-refractivity contribution in [2.75, 3.05) is 7.05 Å². The summed E-state index contributed by atoms with van der Waals surface area (Å²) in [5.41, 5.74) is 0. The number of rotatable bonds is 7. The van der Waals surface area contributed by atoms with Crippen molar-refractivity contribution in [1.82, 2.24) is 9.62 Å². The maximum Gasteiger partial charge on any atom is 0.244 e. The molecule has 0 radical (unpaired) electrons. The molecule has 0 saturated heterocycles. The van der Waals surface area contributed by atoms with Gasteiger partial charge in [0.25, 0.3) is 0 Å². The maximum absolute atomic E-state index is 13.0. The van der Waals surface area contributed by atoms with Gasteiger partial charge in [-0.3, -0.25) is 0 Å². The minimum atomic E-state index is -3.48. The highest BCUT2D eigenvalue weighted by molar-refractivity contribution is 7.89. The Morgan fingerprint density at radius 2 is 2.24 bits per heavy atom. The van der Waals surface area contributed by atoms with Crippen molar-refractivity contribution in [3.63, 3.8) is 0 Å². The number of nitrogens with zero attached hydrogens (tertiary/aromatic N) is 1. The van der Waals surface area contributed by atoms with Crippen molar-refractivity contribution in [2.24, 2.45) is 0 Å². The molecule has 1 saturated carbocycles. The molecule has 2 aromatic rings. The minimum Gasteiger partial charge on any atom is -0.468 e. The monoisotopic (exact) mass is 326 g/mol. The van der Waals surface area contributed by atoms with E-state index in [-0.39, 0.29) is 6.04 Å². The molecule has 3 rings (SSSR count). The molecule has 0 aromatic carbocycles. The van der Waals surface area contributed by atoms with E-state index >= 15 is 0 Å². The largest absolute Gasteiger partial charge is 0.468 e. The van der Waals surface area contributed by atoms with Crippen LogP contribution in [-0.4, -0.2) is 25.8 Å². The van der Waals surface area contributed by atoms with E-state index in [9.17, 15) is 8.42 Å². The first kappa shape index (κ1) is 14.8. The molecular weight excluding hydrogens is 308 g/mol. The van der Waals surface area contributed by atoms with Crippen molar-refractivity contribution < 1.29 is 12.8 Å². The fourth-order valence-electron chi connectivity index (χ4n) is 2.30. The van der Waals surface area contributed by atoms with Crippen LogP contribution in [-0.2, 0) is 23.1 Å². The predicted molar refractivity (Wildman–Crippen MR) is 81.5 cm³/mol. The zero-order valence-corrected chi connectivity index (χ0v) is 13.4. The summed E-state index contributed by atoms with van der Waals surface area (Å²) in [4.78, 5) is 1.27. The molecule has 1 fully saturated rings. The van der Waals surface area contributed by atoms with Crippen LogP contribution >= 0.6 is 11.3 Å². The summed E-state index contributed by atoms with van der Waals surface area (Å²) < 4.78 is 32.8. The van der Waals surface area contributed by atoms with Crippen LogP contribution in [0.1, 0.15) is 23.5 Å². The van der Waals surface area contributed by atoms with Crippen LogP contribution in [0.2, 0.25) is 0 Å². The Bertz CT molecular complexity index is 688. The molecule has 7 heteroatoms. The summed E-state index contributed by atoms with van der Waals surface area (Å²) in [6, 6.07) is 5.39. The van der Waals surface area contributed by atoms with Gasteiger partial charge in [-0.1, -0.05) is 0 Å². The highest BCUT2D eigenvalue weighted by Crippen LogP contribution is 2.35. The van der Waals surface area contributed by atoms with E-state index in [0.717, 1.165) is 17.7 Å². The zero-order chi connectivity index (χ0) is 14.9. The van der Waals surface area contributed by atoms with E-state index in [4.69, 9.17) is 4.42 Å². The fourth-order valence-corrected chi connectivity index (χ4v) is 5.38. The van der Waals surface area contributed by atoms with Gasteiger partial charge in [0.05, 0.1) is 17.7 Å². The fraction of sp³-hybridized carbons (Fsp3) is 0.429. The van der Waals surface area contributed by atoms with Crippen molar-refractivity contribution in [3.8, 4) is 0 Å². The van der Waals surface area contributed by atoms with Crippen LogP contribution in [0.15, 0.2) is 39.2 Å². The summed E-state index contributed by atoms with van der Waals surface area (Å²) in [7, 11) is -1.66. The predicted octanol–water partition coefficient (Wildman–Crippen LogP) is 2.41. The number of hydrogen-bond donors (Lipinski definition) is 1. The molecule has 2 heterocycles. The second-order valence-corrected chi connectivity index (χ2v) is 7.96. The number of sulfonamides is 1. The minimum absolute atomic E-state index is 0.0995. The van der Waals surface area contributed by atoms with Gasteiger partial charge in [-0.25, -0.2) is 8.42 Å². The molecule has 5 nitrogen and oxygen atoms in total. The molecule has 1 aliphatic carbocycles. The summed E-state index contributed by atoms with van der Waals surface area (Å²) in [6.45, 7) is 0.861. The molecule has 114 valence electrons. The Kier molecular flexibility index (Phi) is 4.17. The third-order valence-corrected chi connectivity index (χ3v) is 6.51.